The van der Waals surface area contributed by atoms with Gasteiger partial charge in [0.2, 0.25) is 11.9 Å². The van der Waals surface area contributed by atoms with Crippen LogP contribution in [0.3, 0.4) is 0 Å². The molecular weight excluding hydrogens is 1630 g/mol. The molecule has 6 aliphatic heterocycles. The van der Waals surface area contributed by atoms with E-state index < -0.39 is 190 Å². The number of aliphatic imine (C=N–C) groups is 3. The monoisotopic (exact) mass is 1710 g/mol. The van der Waals surface area contributed by atoms with E-state index in [2.05, 4.69) is 91.5 Å². The van der Waals surface area contributed by atoms with Gasteiger partial charge in [0.1, 0.15) is 121 Å². The van der Waals surface area contributed by atoms with Crippen molar-refractivity contribution in [2.75, 3.05) is 50.5 Å². The lowest BCUT2D eigenvalue weighted by Crippen LogP contribution is -2.49. The molecule has 0 amide bonds. The number of carbonyl (C=O) groups is 3. The molecule has 6 aromatic rings. The van der Waals surface area contributed by atoms with Crippen LogP contribution < -0.4 is 61.2 Å². The molecule has 3 fully saturated rings. The molecule has 12 rings (SSSR count). The van der Waals surface area contributed by atoms with E-state index in [0.29, 0.717) is 0 Å². The number of aromatic nitrogens is 6. The van der Waals surface area contributed by atoms with Gasteiger partial charge < -0.3 is 105 Å². The number of carbonyl (C=O) groups excluding carboxylic acids is 3. The zero-order valence-corrected chi connectivity index (χ0v) is 66.7. The van der Waals surface area contributed by atoms with Gasteiger partial charge >= 0.3 is 41.1 Å². The molecule has 0 aliphatic carbocycles. The Bertz CT molecular complexity index is 4960. The molecule has 0 saturated carbocycles. The van der Waals surface area contributed by atoms with Crippen molar-refractivity contribution in [3.63, 3.8) is 0 Å². The van der Waals surface area contributed by atoms with Gasteiger partial charge in [-0.15, -0.1) is 0 Å². The lowest BCUT2D eigenvalue weighted by Gasteiger charge is -2.31. The number of aliphatic hydroxyl groups is 6. The number of hydrogen-bond donors (Lipinski definition) is 15. The molecule has 48 heteroatoms. The number of anilines is 2. The van der Waals surface area contributed by atoms with Gasteiger partial charge in [-0.2, -0.15) is 20.3 Å². The largest absolute Gasteiger partial charge is 0.462 e. The highest BCUT2D eigenvalue weighted by Crippen LogP contribution is 2.52. The van der Waals surface area contributed by atoms with Crippen molar-refractivity contribution in [3.8, 4) is 17.2 Å². The summed E-state index contributed by atoms with van der Waals surface area (Å²) in [5, 5.41) is 91.5. The third-order valence-electron chi connectivity index (χ3n) is 18.7. The molecule has 16 N–H and O–H groups in total. The number of alkyl halides is 3. The lowest BCUT2D eigenvalue weighted by molar-refractivity contribution is -0.150. The second kappa shape index (κ2) is 35.5. The summed E-state index contributed by atoms with van der Waals surface area (Å²) < 4.78 is 162. The van der Waals surface area contributed by atoms with Crippen molar-refractivity contribution in [1.82, 2.24) is 59.9 Å². The Morgan fingerprint density at radius 2 is 0.822 bits per heavy atom. The quantitative estimate of drug-likeness (QED) is 0.0152. The van der Waals surface area contributed by atoms with Gasteiger partial charge in [0.05, 0.1) is 62.0 Å². The maximum atomic E-state index is 15.5. The third-order valence-corrected chi connectivity index (χ3v) is 23.6. The number of halogens is 3. The molecule has 3 aromatic heterocycles. The van der Waals surface area contributed by atoms with Crippen LogP contribution in [-0.4, -0.2) is 225 Å². The van der Waals surface area contributed by atoms with Crippen molar-refractivity contribution in [1.29, 1.82) is 0 Å². The predicted octanol–water partition coefficient (Wildman–Crippen LogP) is 4.03. The molecule has 20 atom stereocenters. The average molecular weight is 1720 g/mol. The van der Waals surface area contributed by atoms with E-state index in [1.807, 2.05) is 0 Å². The zero-order valence-electron chi connectivity index (χ0n) is 64.0. The molecule has 0 radical (unpaired) electrons. The number of rotatable bonds is 35. The molecule has 0 spiro atoms. The summed E-state index contributed by atoms with van der Waals surface area (Å²) in [7, 11) is -14.2. The first kappa shape index (κ1) is 87.3. The zero-order chi connectivity index (χ0) is 85.1. The van der Waals surface area contributed by atoms with E-state index in [1.54, 1.807) is 56.3 Å². The van der Waals surface area contributed by atoms with Crippen molar-refractivity contribution in [3.05, 3.63) is 147 Å². The number of esters is 3. The Kier molecular flexibility index (Phi) is 26.3. The summed E-state index contributed by atoms with van der Waals surface area (Å²) in [6, 6.07) is 18.4. The summed E-state index contributed by atoms with van der Waals surface area (Å²) >= 11 is 0. The second-order valence-electron chi connectivity index (χ2n) is 28.0. The number of imidazole rings is 3. The molecule has 118 heavy (non-hydrogen) atoms. The van der Waals surface area contributed by atoms with Crippen LogP contribution in [0.1, 0.15) is 84.2 Å². The van der Waals surface area contributed by atoms with Gasteiger partial charge in [-0.1, -0.05) is 74.3 Å². The van der Waals surface area contributed by atoms with E-state index in [0.717, 1.165) is 32.7 Å². The van der Waals surface area contributed by atoms with Crippen molar-refractivity contribution in [2.24, 2.45) is 20.7 Å². The maximum Gasteiger partial charge on any atom is 0.459 e. The van der Waals surface area contributed by atoms with Gasteiger partial charge in [-0.3, -0.25) is 41.7 Å². The predicted molar refractivity (Wildman–Crippen MR) is 411 cm³/mol. The van der Waals surface area contributed by atoms with Crippen LogP contribution >= 0.6 is 23.2 Å². The van der Waals surface area contributed by atoms with E-state index in [9.17, 15) is 63.1 Å². The molecule has 9 heterocycles. The molecule has 6 unspecified atom stereocenters. The van der Waals surface area contributed by atoms with Gasteiger partial charge in [0, 0.05) is 0 Å². The van der Waals surface area contributed by atoms with Crippen molar-refractivity contribution >= 4 is 93.6 Å². The number of hydrogen-bond acceptors (Lipinski definition) is 32. The highest BCUT2D eigenvalue weighted by Gasteiger charge is 2.61. The fourth-order valence-corrected chi connectivity index (χ4v) is 17.3. The number of benzene rings is 3. The van der Waals surface area contributed by atoms with E-state index in [1.165, 1.54) is 83.1 Å². The molecular formula is C70H88F3N18O24P3. The first-order valence-corrected chi connectivity index (χ1v) is 41.0. The number of ether oxygens (including phenoxy) is 6. The normalized spacial score (nSPS) is 28.1. The van der Waals surface area contributed by atoms with E-state index in [-0.39, 0.29) is 86.8 Å². The SMILES string of the molecule is C=C1NC(N)=Nc2c1ncn2[C@@H]1O[C@H](CO[P@](=O)(N[C@@H](C)C(=O)OC(C)N=C2NC(=C)c3ncn([C@@H]4O[C@H](CO[P@@](=O)(N[C@@H](C)C(=O)OC(C)N=C5NC(=C)c6ncn([C@@H]7O[C@H](COP(=O)(N[C@@H](C)C(=O)OC(C)C)Oc8ccccc8)C(O)[C@]7(O)CF)c6N5)Oc5ccccc5)C(O)[C@]4(O)CF)c3N2)Oc2ccccc2)C(O)[C@]1(O)CF. The minimum absolute atomic E-state index is 0.00860. The number of nitrogens with two attached hydrogens (primary N) is 1. The Morgan fingerprint density at radius 1 is 0.508 bits per heavy atom. The Hall–Kier alpha value is -9.99. The number of nitrogens with zero attached hydrogens (tertiary/aromatic N) is 9. The Morgan fingerprint density at radius 3 is 1.16 bits per heavy atom. The highest BCUT2D eigenvalue weighted by molar-refractivity contribution is 7.52. The summed E-state index contributed by atoms with van der Waals surface area (Å²) in [6.45, 7) is 14.0. The summed E-state index contributed by atoms with van der Waals surface area (Å²) in [6.07, 6.45) is -16.6. The van der Waals surface area contributed by atoms with Crippen LogP contribution in [0.2, 0.25) is 0 Å². The Labute approximate surface area is 670 Å². The number of fused-ring (bicyclic) bond motifs is 3. The molecule has 3 aromatic carbocycles. The summed E-state index contributed by atoms with van der Waals surface area (Å²) in [5.74, 6) is -3.60. The number of para-hydroxylation sites is 3. The fourth-order valence-electron chi connectivity index (χ4n) is 12.8. The summed E-state index contributed by atoms with van der Waals surface area (Å²) in [5.41, 5.74) is -1.63. The molecule has 0 bridgehead atoms. The van der Waals surface area contributed by atoms with E-state index in [4.69, 9.17) is 61.3 Å². The lowest BCUT2D eigenvalue weighted by atomic mass is 9.95. The van der Waals surface area contributed by atoms with Crippen LogP contribution in [0.5, 0.6) is 17.2 Å². The third kappa shape index (κ3) is 18.7. The second-order valence-corrected chi connectivity index (χ2v) is 33.1. The molecule has 42 nitrogen and oxygen atoms in total. The standard InChI is InChI=1S/C70H88F3N18O24P3/c1-35(2)107-59(95)39(6)86-116(101,113-44-20-14-11-15-21-44)104-27-48-54(93)69(99,30-72)63(111-48)90-33-76-51-37(4)79-66(84-57(51)90)82-43(10)109-61(97)41(8)88-118(103,115-46-24-18-13-19-25-46)106-28-49-55(94)70(100,31-73)64(112-49)91-34-77-52-38(5)80-67(85-58(52)91)81-42(9)108-60(96)40(7)87-117(102,114-45-22-16-12-17-23-45)105-26-47-53(92)68(98,29-71)62(110-47)89-32-75-50-36(3)78-65(74)83-56(50)89/h11-25,32-35,39-43,47-49,53-55,62-64,92-94,98-100H,3-5,26-31H2,1-2,6-10H3,(H,86,101)(H,87,102)(H,88,103)(H3,74,78,83)(H2,79,82,84)(H2,80,81,85)/t39-,40-,41-,42?,43?,47+,48+,49+,53?,54?,55?,62+,63+,64+,68+,69+,70+,116?,117+,118-/m0/s1. The topological polar surface area (TPSA) is 547 Å². The smallest absolute Gasteiger partial charge is 0.459 e. The van der Waals surface area contributed by atoms with Crippen LogP contribution in [0.15, 0.2) is 145 Å². The molecule has 638 valence electrons. The van der Waals surface area contributed by atoms with Crippen LogP contribution in [0.25, 0.3) is 17.1 Å². The minimum Gasteiger partial charge on any atom is -0.462 e. The van der Waals surface area contributed by atoms with Gasteiger partial charge in [-0.25, -0.2) is 51.8 Å². The first-order chi connectivity index (χ1) is 55.9. The van der Waals surface area contributed by atoms with Crippen molar-refractivity contribution in [2.45, 2.75) is 157 Å². The Balaban J connectivity index is 0.676. The number of guanidine groups is 3. The van der Waals surface area contributed by atoms with Gasteiger partial charge in [0.15, 0.2) is 59.7 Å². The number of nitrogens with one attached hydrogen (secondary N) is 8. The molecule has 3 saturated heterocycles. The summed E-state index contributed by atoms with van der Waals surface area (Å²) in [4.78, 5) is 66.4. The maximum absolute atomic E-state index is 15.5. The number of aliphatic hydroxyl groups excluding tert-OH is 3. The van der Waals surface area contributed by atoms with Crippen molar-refractivity contribution < 1.29 is 127 Å². The average Bonchev–Trinajstić information content (AvgIpc) is 1.60. The van der Waals surface area contributed by atoms with Crippen LogP contribution in [0.4, 0.5) is 30.6 Å². The first-order valence-electron chi connectivity index (χ1n) is 36.3. The van der Waals surface area contributed by atoms with E-state index >= 15 is 8.78 Å². The van der Waals surface area contributed by atoms with Crippen LogP contribution in [0, 0.1) is 0 Å². The van der Waals surface area contributed by atoms with Gasteiger partial charge in [-0.05, 0) is 84.9 Å². The van der Waals surface area contributed by atoms with Crippen LogP contribution in [-0.2, 0) is 70.1 Å². The minimum atomic E-state index is -4.88. The van der Waals surface area contributed by atoms with Gasteiger partial charge in [0.25, 0.3) is 0 Å². The fraction of sp³-hybridized carbons (Fsp3) is 0.443. The highest BCUT2D eigenvalue weighted by atomic mass is 31.2. The molecule has 6 aliphatic rings.